The van der Waals surface area contributed by atoms with E-state index in [1.165, 1.54) is 12.1 Å². The van der Waals surface area contributed by atoms with Crippen molar-refractivity contribution >= 4 is 5.91 Å². The quantitative estimate of drug-likeness (QED) is 0.866. The van der Waals surface area contributed by atoms with Gasteiger partial charge in [-0.3, -0.25) is 4.79 Å². The number of carbonyl (C=O) groups is 1. The van der Waals surface area contributed by atoms with E-state index in [9.17, 15) is 9.18 Å². The summed E-state index contributed by atoms with van der Waals surface area (Å²) in [6.45, 7) is 5.95. The molecule has 1 amide bonds. The van der Waals surface area contributed by atoms with Gasteiger partial charge >= 0.3 is 0 Å². The number of hydrogen-bond acceptors (Lipinski definition) is 2. The molecule has 0 spiro atoms. The molecule has 0 radical (unpaired) electrons. The zero-order chi connectivity index (χ0) is 16.0. The highest BCUT2D eigenvalue weighted by Crippen LogP contribution is 2.16. The van der Waals surface area contributed by atoms with Gasteiger partial charge in [-0.15, -0.1) is 0 Å². The van der Waals surface area contributed by atoms with Crippen molar-refractivity contribution in [3.05, 3.63) is 35.1 Å². The minimum absolute atomic E-state index is 0.0239. The molecule has 114 valence electrons. The van der Waals surface area contributed by atoms with Gasteiger partial charge in [-0.2, -0.15) is 0 Å². The van der Waals surface area contributed by atoms with E-state index in [2.05, 4.69) is 11.8 Å². The van der Waals surface area contributed by atoms with E-state index < -0.39 is 5.82 Å². The van der Waals surface area contributed by atoms with Crippen LogP contribution in [-0.2, 0) is 0 Å². The van der Waals surface area contributed by atoms with Gasteiger partial charge in [0.2, 0.25) is 0 Å². The number of carbonyl (C=O) groups excluding carboxylic acids is 1. The molecule has 1 N–H and O–H groups in total. The lowest BCUT2D eigenvalue weighted by atomic mass is 10.0. The molecule has 0 fully saturated rings. The van der Waals surface area contributed by atoms with Crippen molar-refractivity contribution in [2.75, 3.05) is 13.7 Å². The van der Waals surface area contributed by atoms with Crippen molar-refractivity contribution < 1.29 is 14.3 Å². The average Bonchev–Trinajstić information content (AvgIpc) is 2.45. The van der Waals surface area contributed by atoms with E-state index >= 15 is 0 Å². The molecule has 1 atom stereocenters. The van der Waals surface area contributed by atoms with Crippen LogP contribution in [0.15, 0.2) is 18.2 Å². The smallest absolute Gasteiger partial charge is 0.256 e. The lowest BCUT2D eigenvalue weighted by Gasteiger charge is -2.28. The van der Waals surface area contributed by atoms with Crippen LogP contribution in [0.25, 0.3) is 0 Å². The number of nitrogens with zero attached hydrogens (tertiary/aromatic N) is 1. The largest absolute Gasteiger partial charge is 0.395 e. The number of hydrogen-bond donors (Lipinski definition) is 1. The Morgan fingerprint density at radius 2 is 2.05 bits per heavy atom. The van der Waals surface area contributed by atoms with Crippen molar-refractivity contribution in [1.82, 2.24) is 4.90 Å². The van der Waals surface area contributed by atoms with Crippen LogP contribution in [0.5, 0.6) is 0 Å². The molecule has 1 aromatic carbocycles. The van der Waals surface area contributed by atoms with E-state index in [1.807, 2.05) is 20.8 Å². The Balaban J connectivity index is 2.95. The van der Waals surface area contributed by atoms with Crippen LogP contribution in [-0.4, -0.2) is 35.6 Å². The SMILES string of the molecule is CC(C)C(C)N(C)C(=O)c1ccc(C#CCCO)cc1F. The summed E-state index contributed by atoms with van der Waals surface area (Å²) in [6.07, 6.45) is 0.344. The second-order valence-electron chi connectivity index (χ2n) is 5.37. The molecular formula is C17H22FNO2. The minimum Gasteiger partial charge on any atom is -0.395 e. The third-order valence-corrected chi connectivity index (χ3v) is 3.57. The van der Waals surface area contributed by atoms with Crippen LogP contribution in [0.3, 0.4) is 0 Å². The Bertz CT molecular complexity index is 558. The Morgan fingerprint density at radius 3 is 2.57 bits per heavy atom. The van der Waals surface area contributed by atoms with Crippen LogP contribution in [0, 0.1) is 23.6 Å². The fourth-order valence-corrected chi connectivity index (χ4v) is 1.81. The van der Waals surface area contributed by atoms with Crippen molar-refractivity contribution in [3.63, 3.8) is 0 Å². The van der Waals surface area contributed by atoms with Crippen molar-refractivity contribution in [2.24, 2.45) is 5.92 Å². The molecule has 4 heteroatoms. The van der Waals surface area contributed by atoms with Crippen LogP contribution in [0.2, 0.25) is 0 Å². The Labute approximate surface area is 125 Å². The maximum absolute atomic E-state index is 14.1. The molecule has 21 heavy (non-hydrogen) atoms. The lowest BCUT2D eigenvalue weighted by molar-refractivity contribution is 0.0702. The third-order valence-electron chi connectivity index (χ3n) is 3.57. The standard InChI is InChI=1S/C17H22FNO2/c1-12(2)13(3)19(4)17(21)15-9-8-14(11-16(15)18)7-5-6-10-20/h8-9,11-13,20H,6,10H2,1-4H3. The van der Waals surface area contributed by atoms with E-state index in [0.29, 0.717) is 17.9 Å². The van der Waals surface area contributed by atoms with Gasteiger partial charge in [0.05, 0.1) is 12.2 Å². The first-order valence-electron chi connectivity index (χ1n) is 7.05. The molecule has 0 saturated carbocycles. The van der Waals surface area contributed by atoms with Gasteiger partial charge < -0.3 is 10.0 Å². The maximum atomic E-state index is 14.1. The molecule has 0 aliphatic carbocycles. The molecule has 0 heterocycles. The van der Waals surface area contributed by atoms with Crippen molar-refractivity contribution in [3.8, 4) is 11.8 Å². The Morgan fingerprint density at radius 1 is 1.38 bits per heavy atom. The lowest BCUT2D eigenvalue weighted by Crippen LogP contribution is -2.38. The normalized spacial score (nSPS) is 11.8. The summed E-state index contributed by atoms with van der Waals surface area (Å²) in [5.41, 5.74) is 0.551. The molecule has 0 aliphatic heterocycles. The van der Waals surface area contributed by atoms with E-state index in [0.717, 1.165) is 0 Å². The number of aliphatic hydroxyl groups excluding tert-OH is 1. The van der Waals surface area contributed by atoms with Crippen molar-refractivity contribution in [1.29, 1.82) is 0 Å². The molecule has 0 bridgehead atoms. The number of aliphatic hydroxyl groups is 1. The number of benzene rings is 1. The molecule has 1 aromatic rings. The molecule has 0 aliphatic rings. The second-order valence-corrected chi connectivity index (χ2v) is 5.37. The topological polar surface area (TPSA) is 40.5 Å². The Kier molecular flexibility index (Phi) is 6.39. The maximum Gasteiger partial charge on any atom is 0.256 e. The summed E-state index contributed by atoms with van der Waals surface area (Å²) in [5.74, 6) is 4.87. The first-order valence-corrected chi connectivity index (χ1v) is 7.05. The van der Waals surface area contributed by atoms with Crippen molar-refractivity contribution in [2.45, 2.75) is 33.2 Å². The van der Waals surface area contributed by atoms with E-state index in [-0.39, 0.29) is 24.1 Å². The molecule has 0 saturated heterocycles. The number of amides is 1. The van der Waals surface area contributed by atoms with Gasteiger partial charge in [-0.1, -0.05) is 25.7 Å². The number of rotatable bonds is 4. The van der Waals surface area contributed by atoms with Gasteiger partial charge in [-0.05, 0) is 31.0 Å². The predicted octanol–water partition coefficient (Wildman–Crippen LogP) is 2.68. The first kappa shape index (κ1) is 17.2. The highest BCUT2D eigenvalue weighted by molar-refractivity contribution is 5.94. The summed E-state index contributed by atoms with van der Waals surface area (Å²) in [7, 11) is 1.68. The van der Waals surface area contributed by atoms with Gasteiger partial charge in [0.1, 0.15) is 5.82 Å². The fourth-order valence-electron chi connectivity index (χ4n) is 1.81. The molecule has 1 rings (SSSR count). The summed E-state index contributed by atoms with van der Waals surface area (Å²) >= 11 is 0. The van der Waals surface area contributed by atoms with Gasteiger partial charge in [0.25, 0.3) is 5.91 Å². The molecule has 1 unspecified atom stereocenters. The minimum atomic E-state index is -0.571. The zero-order valence-corrected chi connectivity index (χ0v) is 13.0. The van der Waals surface area contributed by atoms with Crippen LogP contribution in [0.1, 0.15) is 43.1 Å². The number of halogens is 1. The monoisotopic (exact) mass is 291 g/mol. The highest BCUT2D eigenvalue weighted by Gasteiger charge is 2.22. The third kappa shape index (κ3) is 4.57. The average molecular weight is 291 g/mol. The summed E-state index contributed by atoms with van der Waals surface area (Å²) < 4.78 is 14.1. The van der Waals surface area contributed by atoms with Gasteiger partial charge in [0, 0.05) is 25.1 Å². The van der Waals surface area contributed by atoms with Gasteiger partial charge in [-0.25, -0.2) is 4.39 Å². The van der Waals surface area contributed by atoms with Crippen LogP contribution >= 0.6 is 0 Å². The highest BCUT2D eigenvalue weighted by atomic mass is 19.1. The summed E-state index contributed by atoms with van der Waals surface area (Å²) in [4.78, 5) is 13.9. The molecule has 0 aromatic heterocycles. The van der Waals surface area contributed by atoms with E-state index in [4.69, 9.17) is 5.11 Å². The Hall–Kier alpha value is -1.86. The van der Waals surface area contributed by atoms with Crippen LogP contribution < -0.4 is 0 Å². The van der Waals surface area contributed by atoms with Gasteiger partial charge in [0.15, 0.2) is 0 Å². The predicted molar refractivity (Wildman–Crippen MR) is 81.4 cm³/mol. The second kappa shape index (κ2) is 7.80. The fraction of sp³-hybridized carbons (Fsp3) is 0.471. The zero-order valence-electron chi connectivity index (χ0n) is 13.0. The summed E-state index contributed by atoms with van der Waals surface area (Å²) in [6, 6.07) is 4.37. The first-order chi connectivity index (χ1) is 9.88. The molecule has 3 nitrogen and oxygen atoms in total. The molecular weight excluding hydrogens is 269 g/mol. The summed E-state index contributed by atoms with van der Waals surface area (Å²) in [5, 5.41) is 8.65. The van der Waals surface area contributed by atoms with E-state index in [1.54, 1.807) is 18.0 Å². The van der Waals surface area contributed by atoms with Crippen LogP contribution in [0.4, 0.5) is 4.39 Å².